The van der Waals surface area contributed by atoms with E-state index in [-0.39, 0.29) is 11.6 Å². The molecule has 114 valence electrons. The average Bonchev–Trinajstić information content (AvgIpc) is 3.00. The number of rotatable bonds is 2. The van der Waals surface area contributed by atoms with Crippen LogP contribution in [0.3, 0.4) is 0 Å². The Morgan fingerprint density at radius 1 is 1.29 bits per heavy atom. The van der Waals surface area contributed by atoms with Crippen LogP contribution in [0.1, 0.15) is 16.8 Å². The zero-order valence-electron chi connectivity index (χ0n) is 11.9. The van der Waals surface area contributed by atoms with Crippen molar-refractivity contribution in [2.75, 3.05) is 45.1 Å². The van der Waals surface area contributed by atoms with Crippen LogP contribution in [0.4, 0.5) is 10.1 Å². The first kappa shape index (κ1) is 14.3. The summed E-state index contributed by atoms with van der Waals surface area (Å²) < 4.78 is 18.5. The molecule has 0 radical (unpaired) electrons. The lowest BCUT2D eigenvalue weighted by molar-refractivity contribution is 0.0185. The second-order valence-electron chi connectivity index (χ2n) is 5.58. The highest BCUT2D eigenvalue weighted by Crippen LogP contribution is 2.20. The van der Waals surface area contributed by atoms with Gasteiger partial charge in [0.15, 0.2) is 0 Å². The fraction of sp³-hybridized carbons (Fsp3) is 0.533. The zero-order valence-corrected chi connectivity index (χ0v) is 11.9. The van der Waals surface area contributed by atoms with E-state index in [1.165, 1.54) is 18.2 Å². The van der Waals surface area contributed by atoms with Crippen LogP contribution in [0.15, 0.2) is 18.2 Å². The van der Waals surface area contributed by atoms with Crippen LogP contribution in [0.5, 0.6) is 0 Å². The van der Waals surface area contributed by atoms with Crippen molar-refractivity contribution < 1.29 is 13.9 Å². The molecular weight excluding hydrogens is 273 g/mol. The van der Waals surface area contributed by atoms with Gasteiger partial charge in [0.05, 0.1) is 18.9 Å². The van der Waals surface area contributed by atoms with E-state index in [1.807, 2.05) is 4.90 Å². The number of halogens is 1. The molecule has 1 atom stereocenters. The maximum absolute atomic E-state index is 13.2. The summed E-state index contributed by atoms with van der Waals surface area (Å²) in [5.41, 5.74) is 6.01. The van der Waals surface area contributed by atoms with Gasteiger partial charge in [-0.1, -0.05) is 0 Å². The molecule has 1 unspecified atom stereocenters. The second kappa shape index (κ2) is 5.99. The topological polar surface area (TPSA) is 58.8 Å². The number of benzene rings is 1. The minimum atomic E-state index is -0.487. The predicted molar refractivity (Wildman–Crippen MR) is 77.5 cm³/mol. The first-order chi connectivity index (χ1) is 10.1. The van der Waals surface area contributed by atoms with Crippen LogP contribution in [-0.4, -0.2) is 61.1 Å². The van der Waals surface area contributed by atoms with Gasteiger partial charge in [0.1, 0.15) is 5.82 Å². The van der Waals surface area contributed by atoms with E-state index in [2.05, 4.69) is 4.90 Å². The molecule has 0 bridgehead atoms. The Bertz CT molecular complexity index is 532. The molecule has 3 rings (SSSR count). The molecule has 0 aromatic heterocycles. The number of nitrogen functional groups attached to an aromatic ring is 1. The Hall–Kier alpha value is -1.66. The fourth-order valence-electron chi connectivity index (χ4n) is 3.03. The highest BCUT2D eigenvalue weighted by Gasteiger charge is 2.31. The number of nitrogens with zero attached hydrogens (tertiary/aromatic N) is 2. The van der Waals surface area contributed by atoms with Gasteiger partial charge in [-0.2, -0.15) is 0 Å². The number of hydrogen-bond acceptors (Lipinski definition) is 4. The number of nitrogens with two attached hydrogens (primary N) is 1. The molecule has 2 heterocycles. The number of morpholine rings is 1. The first-order valence-electron chi connectivity index (χ1n) is 7.31. The van der Waals surface area contributed by atoms with Crippen LogP contribution < -0.4 is 5.73 Å². The SMILES string of the molecule is Nc1cc(C(=O)N2CCC(N3CCOCC3)C2)ccc1F. The van der Waals surface area contributed by atoms with Crippen molar-refractivity contribution in [3.8, 4) is 0 Å². The van der Waals surface area contributed by atoms with Crippen molar-refractivity contribution in [3.05, 3.63) is 29.6 Å². The molecule has 1 amide bonds. The van der Waals surface area contributed by atoms with Gasteiger partial charge in [0.2, 0.25) is 0 Å². The van der Waals surface area contributed by atoms with Gasteiger partial charge in [0, 0.05) is 37.8 Å². The van der Waals surface area contributed by atoms with Crippen molar-refractivity contribution in [1.82, 2.24) is 9.80 Å². The minimum Gasteiger partial charge on any atom is -0.396 e. The molecule has 5 nitrogen and oxygen atoms in total. The Labute approximate surface area is 123 Å². The maximum Gasteiger partial charge on any atom is 0.253 e. The monoisotopic (exact) mass is 293 g/mol. The lowest BCUT2D eigenvalue weighted by Crippen LogP contribution is -2.45. The van der Waals surface area contributed by atoms with Gasteiger partial charge < -0.3 is 15.4 Å². The standard InChI is InChI=1S/C15H20FN3O2/c16-13-2-1-11(9-14(13)17)15(20)19-4-3-12(10-19)18-5-7-21-8-6-18/h1-2,9,12H,3-8,10,17H2. The third-order valence-electron chi connectivity index (χ3n) is 4.26. The van der Waals surface area contributed by atoms with Gasteiger partial charge in [-0.05, 0) is 24.6 Å². The number of carbonyl (C=O) groups excluding carboxylic acids is 1. The van der Waals surface area contributed by atoms with Gasteiger partial charge in [0.25, 0.3) is 5.91 Å². The van der Waals surface area contributed by atoms with Gasteiger partial charge in [-0.15, -0.1) is 0 Å². The maximum atomic E-state index is 13.2. The Kier molecular flexibility index (Phi) is 4.07. The van der Waals surface area contributed by atoms with Crippen LogP contribution in [-0.2, 0) is 4.74 Å². The molecule has 1 aromatic rings. The third kappa shape index (κ3) is 3.01. The summed E-state index contributed by atoms with van der Waals surface area (Å²) in [5.74, 6) is -0.559. The van der Waals surface area contributed by atoms with Gasteiger partial charge in [-0.25, -0.2) is 4.39 Å². The highest BCUT2D eigenvalue weighted by molar-refractivity contribution is 5.95. The fourth-order valence-corrected chi connectivity index (χ4v) is 3.03. The van der Waals surface area contributed by atoms with E-state index in [1.54, 1.807) is 0 Å². The molecule has 2 aliphatic heterocycles. The number of hydrogen-bond donors (Lipinski definition) is 1. The Balaban J connectivity index is 1.64. The van der Waals surface area contributed by atoms with E-state index in [9.17, 15) is 9.18 Å². The summed E-state index contributed by atoms with van der Waals surface area (Å²) in [6, 6.07) is 4.56. The molecule has 0 saturated carbocycles. The number of likely N-dealkylation sites (tertiary alicyclic amines) is 1. The summed E-state index contributed by atoms with van der Waals surface area (Å²) in [4.78, 5) is 16.7. The minimum absolute atomic E-state index is 0.0183. The molecule has 2 aliphatic rings. The van der Waals surface area contributed by atoms with E-state index < -0.39 is 5.82 Å². The van der Waals surface area contributed by atoms with Crippen molar-refractivity contribution >= 4 is 11.6 Å². The number of carbonyl (C=O) groups is 1. The zero-order chi connectivity index (χ0) is 14.8. The average molecular weight is 293 g/mol. The summed E-state index contributed by atoms with van der Waals surface area (Å²) in [7, 11) is 0. The van der Waals surface area contributed by atoms with Crippen molar-refractivity contribution in [2.24, 2.45) is 0 Å². The molecule has 0 aliphatic carbocycles. The van der Waals surface area contributed by atoms with Crippen molar-refractivity contribution in [1.29, 1.82) is 0 Å². The van der Waals surface area contributed by atoms with E-state index in [0.29, 0.717) is 11.6 Å². The Morgan fingerprint density at radius 3 is 2.76 bits per heavy atom. The molecular formula is C15H20FN3O2. The smallest absolute Gasteiger partial charge is 0.253 e. The van der Waals surface area contributed by atoms with Gasteiger partial charge >= 0.3 is 0 Å². The van der Waals surface area contributed by atoms with E-state index >= 15 is 0 Å². The highest BCUT2D eigenvalue weighted by atomic mass is 19.1. The third-order valence-corrected chi connectivity index (χ3v) is 4.26. The molecule has 2 N–H and O–H groups in total. The summed E-state index contributed by atoms with van der Waals surface area (Å²) in [5, 5.41) is 0. The van der Waals surface area contributed by atoms with Crippen molar-refractivity contribution in [2.45, 2.75) is 12.5 Å². The largest absolute Gasteiger partial charge is 0.396 e. The van der Waals surface area contributed by atoms with Gasteiger partial charge in [-0.3, -0.25) is 9.69 Å². The molecule has 2 fully saturated rings. The lowest BCUT2D eigenvalue weighted by atomic mass is 10.1. The normalized spacial score (nSPS) is 23.5. The Morgan fingerprint density at radius 2 is 2.05 bits per heavy atom. The van der Waals surface area contributed by atoms with Crippen LogP contribution in [0, 0.1) is 5.82 Å². The molecule has 21 heavy (non-hydrogen) atoms. The molecule has 6 heteroatoms. The molecule has 1 aromatic carbocycles. The van der Waals surface area contributed by atoms with Crippen LogP contribution >= 0.6 is 0 Å². The summed E-state index contributed by atoms with van der Waals surface area (Å²) >= 11 is 0. The number of amides is 1. The van der Waals surface area contributed by atoms with Crippen molar-refractivity contribution in [3.63, 3.8) is 0 Å². The summed E-state index contributed by atoms with van der Waals surface area (Å²) in [6.07, 6.45) is 0.975. The second-order valence-corrected chi connectivity index (χ2v) is 5.58. The van der Waals surface area contributed by atoms with E-state index in [4.69, 9.17) is 10.5 Å². The number of anilines is 1. The van der Waals surface area contributed by atoms with E-state index in [0.717, 1.165) is 45.8 Å². The van der Waals surface area contributed by atoms with Crippen LogP contribution in [0.2, 0.25) is 0 Å². The van der Waals surface area contributed by atoms with Crippen LogP contribution in [0.25, 0.3) is 0 Å². The quantitative estimate of drug-likeness (QED) is 0.825. The number of ether oxygens (including phenoxy) is 1. The lowest BCUT2D eigenvalue weighted by Gasteiger charge is -2.32. The molecule has 0 spiro atoms. The summed E-state index contributed by atoms with van der Waals surface area (Å²) in [6.45, 7) is 4.83. The molecule has 2 saturated heterocycles. The predicted octanol–water partition coefficient (Wildman–Crippen LogP) is 0.955. The first-order valence-corrected chi connectivity index (χ1v) is 7.31.